The topological polar surface area (TPSA) is 94.8 Å². The van der Waals surface area contributed by atoms with E-state index in [1.165, 1.54) is 16.3 Å². The Bertz CT molecular complexity index is 1490. The summed E-state index contributed by atoms with van der Waals surface area (Å²) in [4.78, 5) is 15.0. The van der Waals surface area contributed by atoms with E-state index in [0.29, 0.717) is 35.7 Å². The number of Topliss-reactive ketones (excluding diaryl/α,β-unsaturated/α-hetero) is 1. The highest BCUT2D eigenvalue weighted by molar-refractivity contribution is 7.93. The number of hydrogen-bond donors (Lipinski definition) is 0. The summed E-state index contributed by atoms with van der Waals surface area (Å²) >= 11 is 1.08. The van der Waals surface area contributed by atoms with Gasteiger partial charge in [0.2, 0.25) is 5.82 Å². The Kier molecular flexibility index (Phi) is 5.21. The largest absolute Gasteiger partial charge is 0.294 e. The monoisotopic (exact) mass is 480 g/mol. The molecule has 0 spiro atoms. The molecular formula is C24H24N4O3S2. The maximum absolute atomic E-state index is 12.9. The second-order valence-corrected chi connectivity index (χ2v) is 12.6. The van der Waals surface area contributed by atoms with Gasteiger partial charge in [0.05, 0.1) is 17.0 Å². The smallest absolute Gasteiger partial charge is 0.215 e. The van der Waals surface area contributed by atoms with Crippen LogP contribution in [-0.2, 0) is 29.2 Å². The molecule has 2 aromatic heterocycles. The molecule has 0 saturated heterocycles. The van der Waals surface area contributed by atoms with Gasteiger partial charge in [0.25, 0.3) is 0 Å². The number of ketones is 1. The van der Waals surface area contributed by atoms with E-state index in [-0.39, 0.29) is 15.4 Å². The molecule has 9 heteroatoms. The zero-order valence-corrected chi connectivity index (χ0v) is 20.3. The molecule has 1 aliphatic carbocycles. The summed E-state index contributed by atoms with van der Waals surface area (Å²) < 4.78 is 25.0. The van der Waals surface area contributed by atoms with Crippen molar-refractivity contribution in [1.29, 1.82) is 0 Å². The van der Waals surface area contributed by atoms with E-state index in [1.54, 1.807) is 4.80 Å². The van der Waals surface area contributed by atoms with Gasteiger partial charge in [0.15, 0.2) is 15.6 Å². The van der Waals surface area contributed by atoms with E-state index in [0.717, 1.165) is 29.6 Å². The molecule has 0 saturated carbocycles. The number of carbonyl (C=O) groups is 1. The lowest BCUT2D eigenvalue weighted by Crippen LogP contribution is -2.27. The Balaban J connectivity index is 1.48. The van der Waals surface area contributed by atoms with Crippen LogP contribution in [0.25, 0.3) is 21.5 Å². The number of tetrazole rings is 1. The second-order valence-electron chi connectivity index (χ2n) is 9.38. The van der Waals surface area contributed by atoms with E-state index >= 15 is 0 Å². The van der Waals surface area contributed by atoms with Crippen molar-refractivity contribution < 1.29 is 13.2 Å². The van der Waals surface area contributed by atoms with Gasteiger partial charge in [-0.3, -0.25) is 4.79 Å². The number of fused-ring (bicyclic) bond motifs is 2. The number of carbonyl (C=O) groups excluding carboxylic acids is 1. The van der Waals surface area contributed by atoms with Crippen LogP contribution in [0.4, 0.5) is 0 Å². The first-order chi connectivity index (χ1) is 15.6. The SMILES string of the molecule is CC1(C)CC(=O)c2c(S(C)(=O)=O)sc(-c3nnn(CCc4cccc5ccccc45)n3)c2C1. The summed E-state index contributed by atoms with van der Waals surface area (Å²) in [6.45, 7) is 4.58. The van der Waals surface area contributed by atoms with Gasteiger partial charge in [0, 0.05) is 12.7 Å². The number of rotatable bonds is 5. The molecule has 2 aromatic carbocycles. The lowest BCUT2D eigenvalue weighted by molar-refractivity contribution is 0.0910. The van der Waals surface area contributed by atoms with Crippen LogP contribution in [0.3, 0.4) is 0 Å². The van der Waals surface area contributed by atoms with Crippen LogP contribution in [0.15, 0.2) is 46.7 Å². The molecule has 0 amide bonds. The van der Waals surface area contributed by atoms with Crippen molar-refractivity contribution in [2.75, 3.05) is 6.26 Å². The standard InChI is InChI=1S/C24H24N4O3S2/c1-24(2)13-18-20(19(29)14-24)23(33(3,30)31)32-21(18)22-25-27-28(26-22)12-11-16-9-6-8-15-7-4-5-10-17(15)16/h4-10H,11-14H2,1-3H3. The first-order valence-corrected chi connectivity index (χ1v) is 13.5. The van der Waals surface area contributed by atoms with Crippen LogP contribution < -0.4 is 0 Å². The summed E-state index contributed by atoms with van der Waals surface area (Å²) in [7, 11) is -3.55. The Labute approximate surface area is 196 Å². The lowest BCUT2D eigenvalue weighted by Gasteiger charge is -2.29. The Hall–Kier alpha value is -2.91. The third-order valence-electron chi connectivity index (χ3n) is 6.00. The van der Waals surface area contributed by atoms with Gasteiger partial charge in [-0.2, -0.15) is 4.80 Å². The molecule has 5 rings (SSSR count). The summed E-state index contributed by atoms with van der Waals surface area (Å²) in [5.74, 6) is 0.238. The molecule has 0 atom stereocenters. The normalized spacial score (nSPS) is 15.7. The van der Waals surface area contributed by atoms with Crippen LogP contribution in [0.5, 0.6) is 0 Å². The van der Waals surface area contributed by atoms with E-state index in [1.807, 2.05) is 32.0 Å². The maximum atomic E-state index is 12.9. The predicted molar refractivity (Wildman–Crippen MR) is 128 cm³/mol. The van der Waals surface area contributed by atoms with Crippen molar-refractivity contribution in [2.45, 2.75) is 43.9 Å². The molecule has 7 nitrogen and oxygen atoms in total. The van der Waals surface area contributed by atoms with Gasteiger partial charge in [-0.1, -0.05) is 56.3 Å². The minimum absolute atomic E-state index is 0.111. The summed E-state index contributed by atoms with van der Waals surface area (Å²) in [5, 5.41) is 15.4. The lowest BCUT2D eigenvalue weighted by atomic mass is 9.74. The van der Waals surface area contributed by atoms with Crippen molar-refractivity contribution in [3.63, 3.8) is 0 Å². The first-order valence-electron chi connectivity index (χ1n) is 10.8. The van der Waals surface area contributed by atoms with E-state index < -0.39 is 9.84 Å². The molecule has 2 heterocycles. The zero-order valence-electron chi connectivity index (χ0n) is 18.7. The average molecular weight is 481 g/mol. The third-order valence-corrected chi connectivity index (χ3v) is 9.06. The zero-order chi connectivity index (χ0) is 23.4. The molecule has 4 aromatic rings. The number of thiophene rings is 1. The molecule has 0 fully saturated rings. The van der Waals surface area contributed by atoms with Crippen molar-refractivity contribution >= 4 is 37.7 Å². The molecule has 1 aliphatic rings. The average Bonchev–Trinajstić information content (AvgIpc) is 3.36. The van der Waals surface area contributed by atoms with Crippen LogP contribution in [0.1, 0.15) is 41.8 Å². The second kappa shape index (κ2) is 7.85. The van der Waals surface area contributed by atoms with Gasteiger partial charge in [0.1, 0.15) is 4.21 Å². The molecule has 170 valence electrons. The fraction of sp³-hybridized carbons (Fsp3) is 0.333. The molecular weight excluding hydrogens is 456 g/mol. The fourth-order valence-electron chi connectivity index (χ4n) is 4.56. The molecule has 0 aliphatic heterocycles. The van der Waals surface area contributed by atoms with Crippen LogP contribution in [0.2, 0.25) is 0 Å². The summed E-state index contributed by atoms with van der Waals surface area (Å²) in [5.41, 5.74) is 2.00. The van der Waals surface area contributed by atoms with Gasteiger partial charge >= 0.3 is 0 Å². The molecule has 0 N–H and O–H groups in total. The minimum atomic E-state index is -3.55. The molecule has 0 bridgehead atoms. The Morgan fingerprint density at radius 1 is 1.09 bits per heavy atom. The van der Waals surface area contributed by atoms with Gasteiger partial charge in [-0.15, -0.1) is 21.5 Å². The van der Waals surface area contributed by atoms with E-state index in [4.69, 9.17) is 0 Å². The van der Waals surface area contributed by atoms with Gasteiger partial charge in [-0.05, 0) is 45.4 Å². The van der Waals surface area contributed by atoms with Gasteiger partial charge in [-0.25, -0.2) is 8.42 Å². The van der Waals surface area contributed by atoms with Crippen molar-refractivity contribution in [3.05, 3.63) is 59.2 Å². The highest BCUT2D eigenvalue weighted by Crippen LogP contribution is 2.46. The van der Waals surface area contributed by atoms with Crippen molar-refractivity contribution in [3.8, 4) is 10.7 Å². The highest BCUT2D eigenvalue weighted by atomic mass is 32.2. The maximum Gasteiger partial charge on any atom is 0.215 e. The summed E-state index contributed by atoms with van der Waals surface area (Å²) in [6.07, 6.45) is 2.80. The number of benzene rings is 2. The number of sulfone groups is 1. The minimum Gasteiger partial charge on any atom is -0.294 e. The van der Waals surface area contributed by atoms with E-state index in [2.05, 4.69) is 39.7 Å². The van der Waals surface area contributed by atoms with Gasteiger partial charge < -0.3 is 0 Å². The highest BCUT2D eigenvalue weighted by Gasteiger charge is 2.39. The Morgan fingerprint density at radius 2 is 1.85 bits per heavy atom. The van der Waals surface area contributed by atoms with Crippen molar-refractivity contribution in [2.24, 2.45) is 5.41 Å². The predicted octanol–water partition coefficient (Wildman–Crippen LogP) is 4.36. The third kappa shape index (κ3) is 4.11. The Morgan fingerprint density at radius 3 is 2.64 bits per heavy atom. The van der Waals surface area contributed by atoms with Crippen molar-refractivity contribution in [1.82, 2.24) is 20.2 Å². The van der Waals surface area contributed by atoms with Crippen LogP contribution in [-0.4, -0.2) is 40.7 Å². The quantitative estimate of drug-likeness (QED) is 0.421. The fourth-order valence-corrected chi connectivity index (χ4v) is 7.02. The molecule has 0 radical (unpaired) electrons. The number of hydrogen-bond acceptors (Lipinski definition) is 7. The molecule has 33 heavy (non-hydrogen) atoms. The van der Waals surface area contributed by atoms with E-state index in [9.17, 15) is 13.2 Å². The molecule has 0 unspecified atom stereocenters. The number of aromatic nitrogens is 4. The summed E-state index contributed by atoms with van der Waals surface area (Å²) in [6, 6.07) is 14.5. The number of aryl methyl sites for hydroxylation is 2. The van der Waals surface area contributed by atoms with Crippen LogP contribution >= 0.6 is 11.3 Å². The first kappa shape index (κ1) is 21.9. The van der Waals surface area contributed by atoms with Crippen LogP contribution in [0, 0.1) is 5.41 Å². The number of nitrogens with zero attached hydrogens (tertiary/aromatic N) is 4.